The minimum atomic E-state index is 0.398. The lowest BCUT2D eigenvalue weighted by atomic mass is 10.0. The molecule has 0 bridgehead atoms. The van der Waals surface area contributed by atoms with Crippen molar-refractivity contribution in [3.8, 4) is 5.75 Å². The molecule has 106 valence electrons. The van der Waals surface area contributed by atoms with Gasteiger partial charge in [-0.2, -0.15) is 12.6 Å². The van der Waals surface area contributed by atoms with Gasteiger partial charge in [-0.25, -0.2) is 0 Å². The van der Waals surface area contributed by atoms with E-state index in [1.165, 1.54) is 5.56 Å². The third kappa shape index (κ3) is 3.48. The highest BCUT2D eigenvalue weighted by molar-refractivity contribution is 7.80. The van der Waals surface area contributed by atoms with Crippen LogP contribution in [0, 0.1) is 0 Å². The Bertz CT molecular complexity index is 530. The van der Waals surface area contributed by atoms with E-state index < -0.39 is 0 Å². The predicted octanol–water partition coefficient (Wildman–Crippen LogP) is 3.85. The average molecular weight is 287 g/mol. The van der Waals surface area contributed by atoms with Gasteiger partial charge in [0.05, 0.1) is 12.8 Å². The molecule has 0 aliphatic carbocycles. The SMILES string of the molecule is COc1ccccc1N(C)CC(CS)c1ccccc1. The quantitative estimate of drug-likeness (QED) is 0.810. The van der Waals surface area contributed by atoms with E-state index in [4.69, 9.17) is 4.74 Å². The fourth-order valence-electron chi connectivity index (χ4n) is 2.37. The molecule has 2 nitrogen and oxygen atoms in total. The molecule has 0 saturated heterocycles. The van der Waals surface area contributed by atoms with Gasteiger partial charge in [0, 0.05) is 19.5 Å². The van der Waals surface area contributed by atoms with Gasteiger partial charge in [-0.1, -0.05) is 42.5 Å². The molecular weight excluding hydrogens is 266 g/mol. The van der Waals surface area contributed by atoms with Crippen LogP contribution in [0.15, 0.2) is 54.6 Å². The van der Waals surface area contributed by atoms with Crippen LogP contribution in [0.1, 0.15) is 11.5 Å². The fraction of sp³-hybridized carbons (Fsp3) is 0.294. The number of nitrogens with zero attached hydrogens (tertiary/aromatic N) is 1. The van der Waals surface area contributed by atoms with E-state index in [9.17, 15) is 0 Å². The molecule has 20 heavy (non-hydrogen) atoms. The van der Waals surface area contributed by atoms with Crippen LogP contribution in [0.3, 0.4) is 0 Å². The van der Waals surface area contributed by atoms with Crippen molar-refractivity contribution in [1.29, 1.82) is 0 Å². The van der Waals surface area contributed by atoms with E-state index in [0.717, 1.165) is 23.7 Å². The predicted molar refractivity (Wildman–Crippen MR) is 89.3 cm³/mol. The topological polar surface area (TPSA) is 12.5 Å². The largest absolute Gasteiger partial charge is 0.495 e. The number of hydrogen-bond donors (Lipinski definition) is 1. The second kappa shape index (κ2) is 7.25. The Balaban J connectivity index is 2.15. The highest BCUT2D eigenvalue weighted by atomic mass is 32.1. The average Bonchev–Trinajstić information content (AvgIpc) is 2.53. The first-order chi connectivity index (χ1) is 9.76. The second-order valence-electron chi connectivity index (χ2n) is 4.84. The number of methoxy groups -OCH3 is 1. The summed E-state index contributed by atoms with van der Waals surface area (Å²) in [4.78, 5) is 2.23. The molecule has 0 N–H and O–H groups in total. The molecule has 2 aromatic rings. The van der Waals surface area contributed by atoms with E-state index in [0.29, 0.717) is 5.92 Å². The van der Waals surface area contributed by atoms with Gasteiger partial charge in [0.25, 0.3) is 0 Å². The van der Waals surface area contributed by atoms with Crippen molar-refractivity contribution in [2.75, 3.05) is 31.4 Å². The van der Waals surface area contributed by atoms with Crippen molar-refractivity contribution >= 4 is 18.3 Å². The van der Waals surface area contributed by atoms with E-state index >= 15 is 0 Å². The number of hydrogen-bond acceptors (Lipinski definition) is 3. The zero-order valence-corrected chi connectivity index (χ0v) is 12.9. The van der Waals surface area contributed by atoms with Crippen molar-refractivity contribution in [1.82, 2.24) is 0 Å². The highest BCUT2D eigenvalue weighted by Gasteiger charge is 2.14. The number of anilines is 1. The standard InChI is InChI=1S/C17H21NOS/c1-18(16-10-6-7-11-17(16)19-2)12-15(13-20)14-8-4-3-5-9-14/h3-11,15,20H,12-13H2,1-2H3. The van der Waals surface area contributed by atoms with E-state index in [-0.39, 0.29) is 0 Å². The molecule has 0 aliphatic rings. The van der Waals surface area contributed by atoms with Gasteiger partial charge < -0.3 is 9.64 Å². The minimum Gasteiger partial charge on any atom is -0.495 e. The van der Waals surface area contributed by atoms with Gasteiger partial charge in [-0.3, -0.25) is 0 Å². The van der Waals surface area contributed by atoms with Crippen LogP contribution >= 0.6 is 12.6 Å². The van der Waals surface area contributed by atoms with Crippen LogP contribution < -0.4 is 9.64 Å². The van der Waals surface area contributed by atoms with E-state index in [2.05, 4.69) is 54.9 Å². The lowest BCUT2D eigenvalue weighted by molar-refractivity contribution is 0.414. The van der Waals surface area contributed by atoms with Gasteiger partial charge in [-0.15, -0.1) is 0 Å². The Morgan fingerprint density at radius 3 is 2.35 bits per heavy atom. The number of rotatable bonds is 6. The molecule has 0 fully saturated rings. The van der Waals surface area contributed by atoms with Gasteiger partial charge in [0.1, 0.15) is 5.75 Å². The summed E-state index contributed by atoms with van der Waals surface area (Å²) in [5.74, 6) is 2.12. The van der Waals surface area contributed by atoms with Crippen molar-refractivity contribution in [2.45, 2.75) is 5.92 Å². The van der Waals surface area contributed by atoms with Crippen LogP contribution in [0.2, 0.25) is 0 Å². The maximum absolute atomic E-state index is 5.43. The van der Waals surface area contributed by atoms with Crippen LogP contribution in [0.5, 0.6) is 5.75 Å². The Kier molecular flexibility index (Phi) is 5.36. The summed E-state index contributed by atoms with van der Waals surface area (Å²) < 4.78 is 5.43. The van der Waals surface area contributed by atoms with Gasteiger partial charge in [0.2, 0.25) is 0 Å². The summed E-state index contributed by atoms with van der Waals surface area (Å²) in [6, 6.07) is 18.6. The molecule has 0 aromatic heterocycles. The number of para-hydroxylation sites is 2. The molecule has 1 atom stereocenters. The lowest BCUT2D eigenvalue weighted by Crippen LogP contribution is -2.25. The molecule has 1 unspecified atom stereocenters. The summed E-state index contributed by atoms with van der Waals surface area (Å²) in [5.41, 5.74) is 2.43. The number of likely N-dealkylation sites (N-methyl/N-ethyl adjacent to an activating group) is 1. The molecular formula is C17H21NOS. The zero-order chi connectivity index (χ0) is 14.4. The minimum absolute atomic E-state index is 0.398. The third-order valence-electron chi connectivity index (χ3n) is 3.48. The molecule has 0 spiro atoms. The fourth-order valence-corrected chi connectivity index (χ4v) is 2.69. The number of thiol groups is 1. The molecule has 3 heteroatoms. The Labute approximate surface area is 126 Å². The maximum atomic E-state index is 5.43. The van der Waals surface area contributed by atoms with Crippen LogP contribution in [0.4, 0.5) is 5.69 Å². The lowest BCUT2D eigenvalue weighted by Gasteiger charge is -2.26. The maximum Gasteiger partial charge on any atom is 0.142 e. The Morgan fingerprint density at radius 1 is 1.05 bits per heavy atom. The number of benzene rings is 2. The van der Waals surface area contributed by atoms with Gasteiger partial charge in [0.15, 0.2) is 0 Å². The summed E-state index contributed by atoms with van der Waals surface area (Å²) in [5, 5.41) is 0. The summed E-state index contributed by atoms with van der Waals surface area (Å²) in [6.45, 7) is 0.911. The molecule has 0 aliphatic heterocycles. The van der Waals surface area contributed by atoms with Crippen molar-refractivity contribution in [3.05, 3.63) is 60.2 Å². The summed E-state index contributed by atoms with van der Waals surface area (Å²) in [6.07, 6.45) is 0. The molecule has 0 heterocycles. The summed E-state index contributed by atoms with van der Waals surface area (Å²) in [7, 11) is 3.80. The van der Waals surface area contributed by atoms with Crippen LogP contribution in [-0.4, -0.2) is 26.5 Å². The Hall–Kier alpha value is -1.61. The Morgan fingerprint density at radius 2 is 1.70 bits per heavy atom. The smallest absolute Gasteiger partial charge is 0.142 e. The van der Waals surface area contributed by atoms with Crippen molar-refractivity contribution < 1.29 is 4.74 Å². The van der Waals surface area contributed by atoms with E-state index in [1.54, 1.807) is 7.11 Å². The molecule has 2 aromatic carbocycles. The molecule has 0 radical (unpaired) electrons. The van der Waals surface area contributed by atoms with Gasteiger partial charge in [-0.05, 0) is 23.4 Å². The van der Waals surface area contributed by atoms with E-state index in [1.807, 2.05) is 24.3 Å². The number of ether oxygens (including phenoxy) is 1. The third-order valence-corrected chi connectivity index (χ3v) is 3.92. The molecule has 2 rings (SSSR count). The molecule has 0 amide bonds. The van der Waals surface area contributed by atoms with Gasteiger partial charge >= 0.3 is 0 Å². The first-order valence-corrected chi connectivity index (χ1v) is 7.39. The van der Waals surface area contributed by atoms with Crippen molar-refractivity contribution in [3.63, 3.8) is 0 Å². The first kappa shape index (κ1) is 14.8. The van der Waals surface area contributed by atoms with Crippen LogP contribution in [-0.2, 0) is 0 Å². The van der Waals surface area contributed by atoms with Crippen molar-refractivity contribution in [2.24, 2.45) is 0 Å². The normalized spacial score (nSPS) is 11.9. The van der Waals surface area contributed by atoms with Crippen LogP contribution in [0.25, 0.3) is 0 Å². The monoisotopic (exact) mass is 287 g/mol. The molecule has 0 saturated carbocycles. The second-order valence-corrected chi connectivity index (χ2v) is 5.21. The summed E-state index contributed by atoms with van der Waals surface area (Å²) >= 11 is 4.50. The zero-order valence-electron chi connectivity index (χ0n) is 12.0. The highest BCUT2D eigenvalue weighted by Crippen LogP contribution is 2.29. The first-order valence-electron chi connectivity index (χ1n) is 6.76.